The Bertz CT molecular complexity index is 1330. The lowest BCUT2D eigenvalue weighted by Crippen LogP contribution is -2.53. The summed E-state index contributed by atoms with van der Waals surface area (Å²) < 4.78 is 1.07. The highest BCUT2D eigenvalue weighted by molar-refractivity contribution is 7.19. The zero-order chi connectivity index (χ0) is 24.4. The van der Waals surface area contributed by atoms with E-state index < -0.39 is 0 Å². The van der Waals surface area contributed by atoms with Gasteiger partial charge >= 0.3 is 0 Å². The molecule has 0 radical (unpaired) electrons. The van der Waals surface area contributed by atoms with Gasteiger partial charge in [-0.05, 0) is 68.1 Å². The van der Waals surface area contributed by atoms with Crippen LogP contribution in [0.1, 0.15) is 36.3 Å². The van der Waals surface area contributed by atoms with E-state index in [1.807, 2.05) is 18.3 Å². The molecule has 2 amide bonds. The van der Waals surface area contributed by atoms with Crippen LogP contribution in [-0.2, 0) is 22.7 Å². The lowest BCUT2D eigenvalue weighted by atomic mass is 9.95. The third-order valence-corrected chi connectivity index (χ3v) is 9.08. The number of benzene rings is 1. The minimum atomic E-state index is -0.0716. The number of nitrogens with one attached hydrogen (secondary N) is 1. The van der Waals surface area contributed by atoms with Crippen LogP contribution in [0.25, 0.3) is 21.3 Å². The number of amides is 2. The van der Waals surface area contributed by atoms with Gasteiger partial charge in [0.15, 0.2) is 0 Å². The first-order chi connectivity index (χ1) is 16.8. The van der Waals surface area contributed by atoms with Crippen molar-refractivity contribution >= 4 is 45.0 Å². The number of carbonyl (C=O) groups excluding carboxylic acids is 2. The Hall–Kier alpha value is -2.32. The number of piperidine rings is 1. The molecular formula is C27H29ClN4O2S. The quantitative estimate of drug-likeness (QED) is 0.510. The van der Waals surface area contributed by atoms with Gasteiger partial charge in [-0.2, -0.15) is 0 Å². The Labute approximate surface area is 214 Å². The van der Waals surface area contributed by atoms with E-state index in [0.717, 1.165) is 57.3 Å². The first-order valence-electron chi connectivity index (χ1n) is 12.3. The Kier molecular flexibility index (Phi) is 5.72. The van der Waals surface area contributed by atoms with E-state index in [2.05, 4.69) is 48.1 Å². The summed E-state index contributed by atoms with van der Waals surface area (Å²) in [7, 11) is 0. The van der Waals surface area contributed by atoms with Crippen molar-refractivity contribution in [3.05, 3.63) is 51.5 Å². The van der Waals surface area contributed by atoms with Crippen LogP contribution < -0.4 is 5.32 Å². The summed E-state index contributed by atoms with van der Waals surface area (Å²) in [5.41, 5.74) is 5.58. The molecule has 1 saturated carbocycles. The molecule has 35 heavy (non-hydrogen) atoms. The van der Waals surface area contributed by atoms with Crippen LogP contribution in [0.4, 0.5) is 0 Å². The molecule has 2 unspecified atom stereocenters. The number of rotatable bonds is 5. The average molecular weight is 509 g/mol. The second-order valence-corrected chi connectivity index (χ2v) is 11.9. The summed E-state index contributed by atoms with van der Waals surface area (Å²) in [4.78, 5) is 34.5. The number of pyridine rings is 1. The number of hydrogen-bond acceptors (Lipinski definition) is 6. The van der Waals surface area contributed by atoms with Crippen LogP contribution in [0, 0.1) is 18.8 Å². The second kappa shape index (κ2) is 8.66. The van der Waals surface area contributed by atoms with Crippen molar-refractivity contribution in [2.45, 2.75) is 52.4 Å². The summed E-state index contributed by atoms with van der Waals surface area (Å²) in [6.07, 6.45) is 2.57. The minimum Gasteiger partial charge on any atom is -0.311 e. The highest BCUT2D eigenvalue weighted by Gasteiger charge is 2.58. The zero-order valence-electron chi connectivity index (χ0n) is 20.2. The van der Waals surface area contributed by atoms with Crippen LogP contribution in [0.3, 0.4) is 0 Å². The van der Waals surface area contributed by atoms with Crippen molar-refractivity contribution in [1.29, 1.82) is 0 Å². The molecule has 4 atom stereocenters. The smallest absolute Gasteiger partial charge is 0.233 e. The predicted octanol–water partition coefficient (Wildman–Crippen LogP) is 4.61. The third kappa shape index (κ3) is 4.08. The van der Waals surface area contributed by atoms with E-state index in [1.54, 1.807) is 11.3 Å². The molecule has 4 heterocycles. The Morgan fingerprint density at radius 1 is 1.11 bits per heavy atom. The summed E-state index contributed by atoms with van der Waals surface area (Å²) in [5.74, 6) is -0.175. The van der Waals surface area contributed by atoms with Crippen LogP contribution in [0.5, 0.6) is 0 Å². The summed E-state index contributed by atoms with van der Waals surface area (Å²) in [6, 6.07) is 9.09. The molecule has 2 aliphatic heterocycles. The largest absolute Gasteiger partial charge is 0.311 e. The van der Waals surface area contributed by atoms with Gasteiger partial charge in [0.05, 0.1) is 28.6 Å². The standard InChI is InChI=1S/C27H29ClN4O2S/c1-14-6-17(28)7-20(23(14)13-31-11-15(2)30-10-16(31)3)19-4-5-29-24-8-18(35-25(19)24)12-32-26(33)21-9-22(21)27(32)34/h4-8,15-16,21-22,30H,9-13H2,1-3H3/t15-,16+,21?,22?/m0/s1. The number of aromatic nitrogens is 1. The van der Waals surface area contributed by atoms with Crippen LogP contribution in [-0.4, -0.2) is 51.8 Å². The number of likely N-dealkylation sites (tertiary alicyclic amines) is 1. The summed E-state index contributed by atoms with van der Waals surface area (Å²) >= 11 is 8.19. The number of fused-ring (bicyclic) bond motifs is 2. The number of carbonyl (C=O) groups is 2. The van der Waals surface area contributed by atoms with Gasteiger partial charge in [0, 0.05) is 53.4 Å². The maximum absolute atomic E-state index is 12.5. The third-order valence-electron chi connectivity index (χ3n) is 7.72. The van der Waals surface area contributed by atoms with E-state index in [-0.39, 0.29) is 23.7 Å². The van der Waals surface area contributed by atoms with Gasteiger partial charge in [-0.1, -0.05) is 11.6 Å². The van der Waals surface area contributed by atoms with Crippen molar-refractivity contribution in [3.63, 3.8) is 0 Å². The number of imide groups is 1. The number of aryl methyl sites for hydroxylation is 1. The van der Waals surface area contributed by atoms with Gasteiger partial charge in [0.1, 0.15) is 0 Å². The van der Waals surface area contributed by atoms with Gasteiger partial charge in [0.2, 0.25) is 11.8 Å². The average Bonchev–Trinajstić information content (AvgIpc) is 3.46. The summed E-state index contributed by atoms with van der Waals surface area (Å²) in [6.45, 7) is 9.80. The molecule has 6 nitrogen and oxygen atoms in total. The van der Waals surface area contributed by atoms with Gasteiger partial charge in [-0.3, -0.25) is 24.4 Å². The van der Waals surface area contributed by atoms with Gasteiger partial charge < -0.3 is 5.32 Å². The second-order valence-electron chi connectivity index (χ2n) is 10.3. The van der Waals surface area contributed by atoms with Gasteiger partial charge in [0.25, 0.3) is 0 Å². The molecule has 8 heteroatoms. The monoisotopic (exact) mass is 508 g/mol. The molecule has 6 rings (SSSR count). The number of hydrogen-bond donors (Lipinski definition) is 1. The first-order valence-corrected chi connectivity index (χ1v) is 13.5. The lowest BCUT2D eigenvalue weighted by Gasteiger charge is -2.38. The summed E-state index contributed by atoms with van der Waals surface area (Å²) in [5, 5.41) is 4.28. The van der Waals surface area contributed by atoms with Crippen molar-refractivity contribution in [3.8, 4) is 11.1 Å². The molecule has 1 aromatic carbocycles. The number of halogens is 1. The lowest BCUT2D eigenvalue weighted by molar-refractivity contribution is -0.141. The highest BCUT2D eigenvalue weighted by Crippen LogP contribution is 2.48. The van der Waals surface area contributed by atoms with E-state index in [4.69, 9.17) is 11.6 Å². The van der Waals surface area contributed by atoms with E-state index >= 15 is 0 Å². The van der Waals surface area contributed by atoms with E-state index in [9.17, 15) is 9.59 Å². The predicted molar refractivity (Wildman–Crippen MR) is 139 cm³/mol. The SMILES string of the molecule is Cc1cc(Cl)cc(-c2ccnc3cc(CN4C(=O)C5CC5C4=O)sc23)c1CN1C[C@H](C)NC[C@H]1C. The molecule has 2 aromatic heterocycles. The molecule has 3 aromatic rings. The Balaban J connectivity index is 1.38. The molecule has 3 aliphatic rings. The minimum absolute atomic E-state index is 0.0160. The molecule has 0 bridgehead atoms. The van der Waals surface area contributed by atoms with Crippen molar-refractivity contribution in [2.75, 3.05) is 13.1 Å². The van der Waals surface area contributed by atoms with Crippen LogP contribution in [0.2, 0.25) is 5.02 Å². The highest BCUT2D eigenvalue weighted by atomic mass is 35.5. The molecule has 182 valence electrons. The Morgan fingerprint density at radius 3 is 2.66 bits per heavy atom. The van der Waals surface area contributed by atoms with Gasteiger partial charge in [-0.25, -0.2) is 0 Å². The number of piperazine rings is 1. The molecule has 3 fully saturated rings. The topological polar surface area (TPSA) is 65.5 Å². The number of thiophene rings is 1. The van der Waals surface area contributed by atoms with Crippen molar-refractivity contribution in [2.24, 2.45) is 11.8 Å². The van der Waals surface area contributed by atoms with Gasteiger partial charge in [-0.15, -0.1) is 11.3 Å². The number of nitrogens with zero attached hydrogens (tertiary/aromatic N) is 3. The zero-order valence-corrected chi connectivity index (χ0v) is 21.7. The molecule has 2 saturated heterocycles. The molecule has 0 spiro atoms. The Morgan fingerprint density at radius 2 is 1.89 bits per heavy atom. The first kappa shape index (κ1) is 23.1. The molecule has 1 N–H and O–H groups in total. The fraction of sp³-hybridized carbons (Fsp3) is 0.444. The maximum Gasteiger partial charge on any atom is 0.233 e. The van der Waals surface area contributed by atoms with E-state index in [0.29, 0.717) is 18.6 Å². The molecular weight excluding hydrogens is 480 g/mol. The maximum atomic E-state index is 12.5. The van der Waals surface area contributed by atoms with Crippen LogP contribution in [0.15, 0.2) is 30.5 Å². The fourth-order valence-corrected chi connectivity index (χ4v) is 6.99. The van der Waals surface area contributed by atoms with Crippen molar-refractivity contribution < 1.29 is 9.59 Å². The van der Waals surface area contributed by atoms with Crippen LogP contribution >= 0.6 is 22.9 Å². The van der Waals surface area contributed by atoms with Crippen molar-refractivity contribution in [1.82, 2.24) is 20.1 Å². The fourth-order valence-electron chi connectivity index (χ4n) is 5.58. The van der Waals surface area contributed by atoms with E-state index in [1.165, 1.54) is 16.0 Å². The molecule has 1 aliphatic carbocycles. The normalized spacial score (nSPS) is 26.6.